The van der Waals surface area contributed by atoms with Crippen LogP contribution < -0.4 is 9.47 Å². The third-order valence-electron chi connectivity index (χ3n) is 6.73. The van der Waals surface area contributed by atoms with Crippen LogP contribution in [-0.2, 0) is 14.3 Å². The van der Waals surface area contributed by atoms with Gasteiger partial charge in [0, 0.05) is 24.0 Å². The van der Waals surface area contributed by atoms with Crippen LogP contribution in [0.1, 0.15) is 73.2 Å². The van der Waals surface area contributed by atoms with Crippen molar-refractivity contribution in [2.75, 3.05) is 13.2 Å². The number of ketones is 2. The largest absolute Gasteiger partial charge is 0.465 e. The summed E-state index contributed by atoms with van der Waals surface area (Å²) in [7, 11) is 0. The normalized spacial score (nSPS) is 18.7. The number of hydrogen-bond acceptors (Lipinski definition) is 10. The summed E-state index contributed by atoms with van der Waals surface area (Å²) in [5.41, 5.74) is 2.02. The van der Waals surface area contributed by atoms with E-state index in [0.29, 0.717) is 22.8 Å². The molecule has 10 nitrogen and oxygen atoms in total. The van der Waals surface area contributed by atoms with Crippen molar-refractivity contribution in [3.8, 4) is 11.5 Å². The van der Waals surface area contributed by atoms with E-state index in [0.717, 1.165) is 63.1 Å². The van der Waals surface area contributed by atoms with Gasteiger partial charge < -0.3 is 27.8 Å². The molecule has 0 saturated carbocycles. The summed E-state index contributed by atoms with van der Waals surface area (Å²) in [5, 5.41) is 0. The molecule has 2 fully saturated rings. The van der Waals surface area contributed by atoms with Crippen molar-refractivity contribution in [3.63, 3.8) is 0 Å². The molecule has 2 aliphatic heterocycles. The van der Waals surface area contributed by atoms with E-state index in [2.05, 4.69) is 9.97 Å². The molecule has 4 heterocycles. The monoisotopic (exact) mass is 586 g/mol. The second kappa shape index (κ2) is 15.1. The highest BCUT2D eigenvalue weighted by Gasteiger charge is 2.18. The summed E-state index contributed by atoms with van der Waals surface area (Å²) in [4.78, 5) is 31.4. The summed E-state index contributed by atoms with van der Waals surface area (Å²) in [6, 6.07) is 14.4. The van der Waals surface area contributed by atoms with E-state index in [1.165, 1.54) is 31.7 Å². The third kappa shape index (κ3) is 8.73. The molecule has 0 bridgehead atoms. The fourth-order valence-electron chi connectivity index (χ4n) is 4.60. The van der Waals surface area contributed by atoms with E-state index in [-0.39, 0.29) is 30.0 Å². The predicted molar refractivity (Wildman–Crippen MR) is 156 cm³/mol. The molecule has 0 N–H and O–H groups in total. The van der Waals surface area contributed by atoms with Gasteiger partial charge in [0.25, 0.3) is 5.89 Å². The Morgan fingerprint density at radius 3 is 1.67 bits per heavy atom. The average molecular weight is 587 g/mol. The minimum Gasteiger partial charge on any atom is -0.465 e. The van der Waals surface area contributed by atoms with E-state index in [1.54, 1.807) is 30.5 Å². The molecule has 0 radical (unpaired) electrons. The SMILES string of the molecule is CC(=O)C=C(c1ccc(OC2CCCCO2)cc1)c1ncco1.O=C(c1ccc(OC2CCCCO2)cc1)c1ncco1. The summed E-state index contributed by atoms with van der Waals surface area (Å²) < 4.78 is 32.9. The minimum atomic E-state index is -0.240. The fraction of sp³-hybridized carbons (Fsp3) is 0.333. The zero-order valence-corrected chi connectivity index (χ0v) is 24.0. The van der Waals surface area contributed by atoms with Gasteiger partial charge in [-0.15, -0.1) is 0 Å². The third-order valence-corrected chi connectivity index (χ3v) is 6.73. The van der Waals surface area contributed by atoms with E-state index in [9.17, 15) is 9.59 Å². The van der Waals surface area contributed by atoms with Crippen LogP contribution in [0.15, 0.2) is 88.4 Å². The van der Waals surface area contributed by atoms with Crippen LogP contribution >= 0.6 is 0 Å². The number of aromatic nitrogens is 2. The second-order valence-corrected chi connectivity index (χ2v) is 10.0. The van der Waals surface area contributed by atoms with Gasteiger partial charge in [0.2, 0.25) is 11.7 Å². The number of rotatable bonds is 9. The van der Waals surface area contributed by atoms with Crippen molar-refractivity contribution in [1.29, 1.82) is 0 Å². The first-order chi connectivity index (χ1) is 21.0. The number of carbonyl (C=O) groups is 2. The van der Waals surface area contributed by atoms with Crippen molar-refractivity contribution in [1.82, 2.24) is 9.97 Å². The molecule has 43 heavy (non-hydrogen) atoms. The molecule has 2 saturated heterocycles. The van der Waals surface area contributed by atoms with Crippen LogP contribution in [0.3, 0.4) is 0 Å². The first-order valence-corrected chi connectivity index (χ1v) is 14.4. The molecule has 2 aromatic carbocycles. The molecule has 0 spiro atoms. The molecule has 2 aromatic heterocycles. The molecular formula is C33H34N2O8. The van der Waals surface area contributed by atoms with E-state index in [1.807, 2.05) is 24.3 Å². The topological polar surface area (TPSA) is 123 Å². The summed E-state index contributed by atoms with van der Waals surface area (Å²) >= 11 is 0. The second-order valence-electron chi connectivity index (χ2n) is 10.0. The Bertz CT molecular complexity index is 1450. The Morgan fingerprint density at radius 2 is 1.23 bits per heavy atom. The highest BCUT2D eigenvalue weighted by Crippen LogP contribution is 2.26. The van der Waals surface area contributed by atoms with Gasteiger partial charge in [-0.2, -0.15) is 0 Å². The Labute approximate surface area is 249 Å². The van der Waals surface area contributed by atoms with Crippen molar-refractivity contribution in [2.45, 2.75) is 58.0 Å². The first kappa shape index (κ1) is 29.9. The quantitative estimate of drug-likeness (QED) is 0.160. The number of carbonyl (C=O) groups excluding carboxylic acids is 2. The molecule has 0 aliphatic carbocycles. The van der Waals surface area contributed by atoms with Crippen LogP contribution in [0, 0.1) is 0 Å². The number of oxazole rings is 2. The lowest BCUT2D eigenvalue weighted by Crippen LogP contribution is -2.24. The van der Waals surface area contributed by atoms with Crippen LogP contribution in [-0.4, -0.2) is 47.3 Å². The lowest BCUT2D eigenvalue weighted by Gasteiger charge is -2.23. The molecule has 6 rings (SSSR count). The van der Waals surface area contributed by atoms with Crippen molar-refractivity contribution >= 4 is 17.1 Å². The number of hydrogen-bond donors (Lipinski definition) is 0. The highest BCUT2D eigenvalue weighted by molar-refractivity contribution is 6.05. The first-order valence-electron chi connectivity index (χ1n) is 14.4. The van der Waals surface area contributed by atoms with E-state index < -0.39 is 0 Å². The molecular weight excluding hydrogens is 552 g/mol. The van der Waals surface area contributed by atoms with Crippen LogP contribution in [0.25, 0.3) is 5.57 Å². The summed E-state index contributed by atoms with van der Waals surface area (Å²) in [6.07, 6.45) is 13.3. The number of benzene rings is 2. The van der Waals surface area contributed by atoms with Gasteiger partial charge >= 0.3 is 0 Å². The van der Waals surface area contributed by atoms with Crippen molar-refractivity contribution < 1.29 is 37.4 Å². The average Bonchev–Trinajstić information content (AvgIpc) is 3.78. The highest BCUT2D eigenvalue weighted by atomic mass is 16.7. The predicted octanol–water partition coefficient (Wildman–Crippen LogP) is 6.41. The number of nitrogens with zero attached hydrogens (tertiary/aromatic N) is 2. The van der Waals surface area contributed by atoms with E-state index >= 15 is 0 Å². The van der Waals surface area contributed by atoms with Crippen LogP contribution in [0.5, 0.6) is 11.5 Å². The smallest absolute Gasteiger partial charge is 0.268 e. The summed E-state index contributed by atoms with van der Waals surface area (Å²) in [5.74, 6) is 1.65. The van der Waals surface area contributed by atoms with Gasteiger partial charge in [-0.05, 0) is 80.6 Å². The lowest BCUT2D eigenvalue weighted by atomic mass is 10.0. The molecule has 0 amide bonds. The minimum absolute atomic E-state index is 0.0610. The fourth-order valence-corrected chi connectivity index (χ4v) is 4.60. The van der Waals surface area contributed by atoms with Gasteiger partial charge in [-0.3, -0.25) is 9.59 Å². The molecule has 10 heteroatoms. The van der Waals surface area contributed by atoms with Crippen LogP contribution in [0.4, 0.5) is 0 Å². The number of allylic oxidation sites excluding steroid dienone is 1. The van der Waals surface area contributed by atoms with Gasteiger partial charge in [-0.1, -0.05) is 12.1 Å². The maximum atomic E-state index is 12.0. The standard InChI is InChI=1S/C18H19NO4.C15H15NO4/c1-13(20)12-16(18-19-9-11-22-18)14-5-7-15(8-6-14)23-17-4-2-3-10-21-17;17-14(15-16-8-10-19-15)11-4-6-12(7-5-11)20-13-3-1-2-9-18-13/h5-9,11-12,17H,2-4,10H2,1H3;4-8,10,13H,1-3,9H2. The zero-order chi connectivity index (χ0) is 29.9. The van der Waals surface area contributed by atoms with Crippen LogP contribution in [0.2, 0.25) is 0 Å². The van der Waals surface area contributed by atoms with Gasteiger partial charge in [0.05, 0.1) is 25.6 Å². The Kier molecular flexibility index (Phi) is 10.5. The zero-order valence-electron chi connectivity index (χ0n) is 24.0. The lowest BCUT2D eigenvalue weighted by molar-refractivity contribution is -0.112. The molecule has 2 unspecified atom stereocenters. The van der Waals surface area contributed by atoms with Crippen molar-refractivity contribution in [3.05, 3.63) is 102 Å². The van der Waals surface area contributed by atoms with Gasteiger partial charge in [0.1, 0.15) is 24.0 Å². The van der Waals surface area contributed by atoms with Gasteiger partial charge in [0.15, 0.2) is 18.4 Å². The molecule has 2 aliphatic rings. The maximum Gasteiger partial charge on any atom is 0.268 e. The Balaban J connectivity index is 0.000000173. The Morgan fingerprint density at radius 1 is 0.721 bits per heavy atom. The maximum absolute atomic E-state index is 12.0. The van der Waals surface area contributed by atoms with E-state index in [4.69, 9.17) is 27.8 Å². The number of ether oxygens (including phenoxy) is 4. The molecule has 224 valence electrons. The summed E-state index contributed by atoms with van der Waals surface area (Å²) in [6.45, 7) is 2.99. The van der Waals surface area contributed by atoms with Crippen molar-refractivity contribution in [2.24, 2.45) is 0 Å². The van der Waals surface area contributed by atoms with Gasteiger partial charge in [-0.25, -0.2) is 9.97 Å². The molecule has 4 aromatic rings. The molecule has 2 atom stereocenters. The Hall–Kier alpha value is -4.54.